The van der Waals surface area contributed by atoms with Gasteiger partial charge in [-0.2, -0.15) is 0 Å². The summed E-state index contributed by atoms with van der Waals surface area (Å²) >= 11 is 0. The largest absolute Gasteiger partial charge is 1.00 e. The molecule has 2 bridgehead atoms. The monoisotopic (exact) mass is 276 g/mol. The van der Waals surface area contributed by atoms with Gasteiger partial charge in [0, 0.05) is 19.6 Å². The van der Waals surface area contributed by atoms with Gasteiger partial charge in [-0.05, 0) is 12.8 Å². The number of fused-ring (bicyclic) bond motifs is 3. The lowest BCUT2D eigenvalue weighted by atomic mass is 10.1. The van der Waals surface area contributed by atoms with E-state index >= 15 is 0 Å². The van der Waals surface area contributed by atoms with Crippen molar-refractivity contribution in [2.75, 3.05) is 45.8 Å². The Labute approximate surface area is 105 Å². The molecule has 3 saturated heterocycles. The van der Waals surface area contributed by atoms with E-state index in [1.54, 1.807) is 0 Å². The molecule has 0 aromatic rings. The maximum Gasteiger partial charge on any atom is 0.0916 e. The normalized spacial score (nSPS) is 33.8. The SMILES string of the molecule is CCCCCC[N+]12CCN(CC1)CC2.[Br-]. The van der Waals surface area contributed by atoms with Crippen LogP contribution < -0.4 is 17.0 Å². The van der Waals surface area contributed by atoms with E-state index < -0.39 is 0 Å². The molecule has 15 heavy (non-hydrogen) atoms. The molecule has 0 atom stereocenters. The third-order valence-corrected chi connectivity index (χ3v) is 4.16. The summed E-state index contributed by atoms with van der Waals surface area (Å²) < 4.78 is 1.46. The number of rotatable bonds is 5. The lowest BCUT2D eigenvalue weighted by Crippen LogP contribution is -3.00. The smallest absolute Gasteiger partial charge is 0.0916 e. The maximum atomic E-state index is 2.63. The molecule has 0 unspecified atom stereocenters. The number of hydrogen-bond acceptors (Lipinski definition) is 1. The van der Waals surface area contributed by atoms with Crippen LogP contribution in [-0.4, -0.2) is 55.2 Å². The van der Waals surface area contributed by atoms with E-state index in [-0.39, 0.29) is 17.0 Å². The lowest BCUT2D eigenvalue weighted by molar-refractivity contribution is -0.941. The summed E-state index contributed by atoms with van der Waals surface area (Å²) in [5.74, 6) is 0. The van der Waals surface area contributed by atoms with Crippen LogP contribution in [-0.2, 0) is 0 Å². The average Bonchev–Trinajstić information content (AvgIpc) is 2.27. The predicted molar refractivity (Wildman–Crippen MR) is 60.3 cm³/mol. The first-order valence-electron chi connectivity index (χ1n) is 6.42. The number of halogens is 1. The minimum atomic E-state index is 0. The quantitative estimate of drug-likeness (QED) is 0.447. The second-order valence-electron chi connectivity index (χ2n) is 5.14. The van der Waals surface area contributed by atoms with Gasteiger partial charge in [-0.15, -0.1) is 0 Å². The first-order chi connectivity index (χ1) is 6.85. The number of nitrogens with zero attached hydrogens (tertiary/aromatic N) is 2. The van der Waals surface area contributed by atoms with Crippen LogP contribution in [0.15, 0.2) is 0 Å². The van der Waals surface area contributed by atoms with Gasteiger partial charge in [-0.1, -0.05) is 19.8 Å². The number of piperazine rings is 3. The van der Waals surface area contributed by atoms with Crippen LogP contribution in [0.3, 0.4) is 0 Å². The topological polar surface area (TPSA) is 3.24 Å². The van der Waals surface area contributed by atoms with Gasteiger partial charge in [-0.3, -0.25) is 4.90 Å². The highest BCUT2D eigenvalue weighted by Gasteiger charge is 2.37. The summed E-state index contributed by atoms with van der Waals surface area (Å²) in [6.45, 7) is 12.2. The average molecular weight is 277 g/mol. The molecule has 0 amide bonds. The second-order valence-corrected chi connectivity index (χ2v) is 5.14. The Morgan fingerprint density at radius 1 is 0.933 bits per heavy atom. The molecule has 0 spiro atoms. The Morgan fingerprint density at radius 2 is 1.53 bits per heavy atom. The first kappa shape index (κ1) is 13.5. The van der Waals surface area contributed by atoms with Crippen molar-refractivity contribution in [3.63, 3.8) is 0 Å². The van der Waals surface area contributed by atoms with Crippen molar-refractivity contribution in [2.24, 2.45) is 0 Å². The molecule has 2 nitrogen and oxygen atoms in total. The van der Waals surface area contributed by atoms with Gasteiger partial charge in [0.15, 0.2) is 0 Å². The fraction of sp³-hybridized carbons (Fsp3) is 1.00. The molecule has 3 rings (SSSR count). The minimum Gasteiger partial charge on any atom is -1.00 e. The van der Waals surface area contributed by atoms with Crippen molar-refractivity contribution in [3.05, 3.63) is 0 Å². The van der Waals surface area contributed by atoms with Crippen molar-refractivity contribution in [1.29, 1.82) is 0 Å². The van der Waals surface area contributed by atoms with Crippen molar-refractivity contribution < 1.29 is 21.5 Å². The van der Waals surface area contributed by atoms with Gasteiger partial charge < -0.3 is 21.5 Å². The van der Waals surface area contributed by atoms with E-state index in [0.717, 1.165) is 0 Å². The van der Waals surface area contributed by atoms with Crippen LogP contribution in [0, 0.1) is 0 Å². The van der Waals surface area contributed by atoms with Gasteiger partial charge in [0.2, 0.25) is 0 Å². The van der Waals surface area contributed by atoms with Crippen molar-refractivity contribution in [3.8, 4) is 0 Å². The van der Waals surface area contributed by atoms with Crippen LogP contribution in [0.2, 0.25) is 0 Å². The minimum absolute atomic E-state index is 0. The third-order valence-electron chi connectivity index (χ3n) is 4.16. The Kier molecular flexibility index (Phi) is 5.58. The zero-order valence-corrected chi connectivity index (χ0v) is 11.6. The molecule has 0 aromatic heterocycles. The van der Waals surface area contributed by atoms with E-state index in [1.165, 1.54) is 76.0 Å². The molecule has 3 heterocycles. The van der Waals surface area contributed by atoms with Gasteiger partial charge in [0.25, 0.3) is 0 Å². The summed E-state index contributed by atoms with van der Waals surface area (Å²) in [6.07, 6.45) is 5.73. The molecule has 90 valence electrons. The van der Waals surface area contributed by atoms with E-state index in [1.807, 2.05) is 0 Å². The van der Waals surface area contributed by atoms with E-state index in [0.29, 0.717) is 0 Å². The zero-order valence-electron chi connectivity index (χ0n) is 10.1. The molecular formula is C12H25BrN2. The Morgan fingerprint density at radius 3 is 2.07 bits per heavy atom. The third kappa shape index (κ3) is 3.43. The van der Waals surface area contributed by atoms with Gasteiger partial charge in [0.05, 0.1) is 26.2 Å². The standard InChI is InChI=1S/C12H25N2.BrH/c1-2-3-4-5-9-14-10-6-13(7-11-14)8-12-14;/h2-12H2,1H3;1H/q+1;/p-1. The van der Waals surface area contributed by atoms with E-state index in [4.69, 9.17) is 0 Å². The highest BCUT2D eigenvalue weighted by molar-refractivity contribution is 4.70. The number of quaternary nitrogens is 1. The number of unbranched alkanes of at least 4 members (excludes halogenated alkanes) is 3. The molecule has 3 fully saturated rings. The summed E-state index contributed by atoms with van der Waals surface area (Å²) in [6, 6.07) is 0. The number of hydrogen-bond donors (Lipinski definition) is 0. The van der Waals surface area contributed by atoms with Crippen LogP contribution in [0.1, 0.15) is 32.6 Å². The van der Waals surface area contributed by atoms with Crippen LogP contribution >= 0.6 is 0 Å². The molecule has 0 radical (unpaired) electrons. The van der Waals surface area contributed by atoms with Crippen molar-refractivity contribution in [1.82, 2.24) is 4.90 Å². The Bertz CT molecular complexity index is 163. The molecule has 0 saturated carbocycles. The van der Waals surface area contributed by atoms with Crippen molar-refractivity contribution >= 4 is 0 Å². The molecule has 0 N–H and O–H groups in total. The summed E-state index contributed by atoms with van der Waals surface area (Å²) in [4.78, 5) is 2.63. The summed E-state index contributed by atoms with van der Waals surface area (Å²) in [5, 5.41) is 0. The molecule has 0 aromatic carbocycles. The van der Waals surface area contributed by atoms with Crippen LogP contribution in [0.5, 0.6) is 0 Å². The first-order valence-corrected chi connectivity index (χ1v) is 6.42. The van der Waals surface area contributed by atoms with Gasteiger partial charge in [0.1, 0.15) is 0 Å². The fourth-order valence-electron chi connectivity index (χ4n) is 2.94. The lowest BCUT2D eigenvalue weighted by Gasteiger charge is -2.50. The predicted octanol–water partition coefficient (Wildman–Crippen LogP) is -1.28. The maximum absolute atomic E-state index is 2.63. The second kappa shape index (κ2) is 6.21. The van der Waals surface area contributed by atoms with E-state index in [9.17, 15) is 0 Å². The molecular weight excluding hydrogens is 252 g/mol. The van der Waals surface area contributed by atoms with Gasteiger partial charge >= 0.3 is 0 Å². The highest BCUT2D eigenvalue weighted by atomic mass is 79.9. The fourth-order valence-corrected chi connectivity index (χ4v) is 2.94. The summed E-state index contributed by atoms with van der Waals surface area (Å²) in [5.41, 5.74) is 0. The zero-order chi connectivity index (χ0) is 9.86. The van der Waals surface area contributed by atoms with E-state index in [2.05, 4.69) is 11.8 Å². The molecule has 3 aliphatic heterocycles. The molecule has 0 aliphatic carbocycles. The Hall–Kier alpha value is 0.400. The molecule has 3 heteroatoms. The molecule has 3 aliphatic rings. The highest BCUT2D eigenvalue weighted by Crippen LogP contribution is 2.20. The summed E-state index contributed by atoms with van der Waals surface area (Å²) in [7, 11) is 0. The Balaban J connectivity index is 0.00000112. The van der Waals surface area contributed by atoms with Crippen LogP contribution in [0.4, 0.5) is 0 Å². The van der Waals surface area contributed by atoms with Crippen molar-refractivity contribution in [2.45, 2.75) is 32.6 Å². The van der Waals surface area contributed by atoms with Gasteiger partial charge in [-0.25, -0.2) is 0 Å². The van der Waals surface area contributed by atoms with Crippen LogP contribution in [0.25, 0.3) is 0 Å².